The van der Waals surface area contributed by atoms with Gasteiger partial charge in [0.25, 0.3) is 0 Å². The average Bonchev–Trinajstić information content (AvgIpc) is 3.26. The van der Waals surface area contributed by atoms with E-state index in [9.17, 15) is 4.79 Å². The number of carbonyl (C=O) groups is 1. The zero-order chi connectivity index (χ0) is 22.2. The van der Waals surface area contributed by atoms with Gasteiger partial charge in [0, 0.05) is 11.6 Å². The number of rotatable bonds is 9. The Bertz CT molecular complexity index is 1160. The minimum absolute atomic E-state index is 0.169. The summed E-state index contributed by atoms with van der Waals surface area (Å²) in [6, 6.07) is 20.1. The van der Waals surface area contributed by atoms with Gasteiger partial charge in [0.1, 0.15) is 31.3 Å². The van der Waals surface area contributed by atoms with E-state index in [-0.39, 0.29) is 6.61 Å². The fourth-order valence-electron chi connectivity index (χ4n) is 2.90. The molecule has 6 nitrogen and oxygen atoms in total. The lowest BCUT2D eigenvalue weighted by molar-refractivity contribution is 0.0472. The predicted molar refractivity (Wildman–Crippen MR) is 122 cm³/mol. The second-order valence-electron chi connectivity index (χ2n) is 7.00. The van der Waals surface area contributed by atoms with E-state index in [1.165, 1.54) is 0 Å². The van der Waals surface area contributed by atoms with Crippen LogP contribution in [0.4, 0.5) is 0 Å². The summed E-state index contributed by atoms with van der Waals surface area (Å²) in [6.07, 6.45) is 1.74. The van der Waals surface area contributed by atoms with Gasteiger partial charge in [0.05, 0.1) is 22.0 Å². The Morgan fingerprint density at radius 3 is 2.44 bits per heavy atom. The second kappa shape index (κ2) is 10.5. The van der Waals surface area contributed by atoms with Crippen molar-refractivity contribution in [1.82, 2.24) is 9.97 Å². The van der Waals surface area contributed by atoms with Crippen LogP contribution in [0, 0.1) is 6.92 Å². The molecule has 0 aliphatic heterocycles. The SMILES string of the molecule is Cc1nc(COc2cccc(C(=O)OCc3ccc(OCc4ccccn4)cc3)c2)cs1. The summed E-state index contributed by atoms with van der Waals surface area (Å²) in [6.45, 7) is 2.88. The van der Waals surface area contributed by atoms with E-state index >= 15 is 0 Å². The largest absolute Gasteiger partial charge is 0.487 e. The Morgan fingerprint density at radius 1 is 0.875 bits per heavy atom. The molecule has 2 aromatic carbocycles. The van der Waals surface area contributed by atoms with Crippen LogP contribution in [0.2, 0.25) is 0 Å². The highest BCUT2D eigenvalue weighted by atomic mass is 32.1. The van der Waals surface area contributed by atoms with E-state index in [1.54, 1.807) is 41.8 Å². The molecule has 0 aliphatic rings. The molecule has 0 saturated carbocycles. The van der Waals surface area contributed by atoms with Crippen molar-refractivity contribution in [3.8, 4) is 11.5 Å². The first kappa shape index (κ1) is 21.5. The molecule has 4 rings (SSSR count). The Morgan fingerprint density at radius 2 is 1.69 bits per heavy atom. The van der Waals surface area contributed by atoms with Gasteiger partial charge in [-0.05, 0) is 55.0 Å². The van der Waals surface area contributed by atoms with E-state index < -0.39 is 5.97 Å². The van der Waals surface area contributed by atoms with E-state index in [0.717, 1.165) is 27.7 Å². The second-order valence-corrected chi connectivity index (χ2v) is 8.07. The molecule has 7 heteroatoms. The summed E-state index contributed by atoms with van der Waals surface area (Å²) in [4.78, 5) is 21.1. The number of thiazole rings is 1. The molecule has 0 N–H and O–H groups in total. The molecule has 0 amide bonds. The molecule has 0 unspecified atom stereocenters. The normalized spacial score (nSPS) is 10.5. The van der Waals surface area contributed by atoms with Crippen LogP contribution < -0.4 is 9.47 Å². The van der Waals surface area contributed by atoms with Gasteiger partial charge in [-0.3, -0.25) is 4.98 Å². The molecule has 0 spiro atoms. The quantitative estimate of drug-likeness (QED) is 0.322. The van der Waals surface area contributed by atoms with Crippen molar-refractivity contribution in [2.45, 2.75) is 26.7 Å². The lowest BCUT2D eigenvalue weighted by Gasteiger charge is -2.09. The highest BCUT2D eigenvalue weighted by molar-refractivity contribution is 7.09. The number of esters is 1. The lowest BCUT2D eigenvalue weighted by Crippen LogP contribution is -2.06. The van der Waals surface area contributed by atoms with Gasteiger partial charge < -0.3 is 14.2 Å². The Labute approximate surface area is 190 Å². The minimum Gasteiger partial charge on any atom is -0.487 e. The summed E-state index contributed by atoms with van der Waals surface area (Å²) in [5, 5.41) is 2.95. The topological polar surface area (TPSA) is 70.5 Å². The lowest BCUT2D eigenvalue weighted by atomic mass is 10.2. The third-order valence-electron chi connectivity index (χ3n) is 4.53. The predicted octanol–water partition coefficient (Wildman–Crippen LogP) is 5.36. The van der Waals surface area contributed by atoms with E-state index in [2.05, 4.69) is 9.97 Å². The standard InChI is InChI=1S/C25H22N2O4S/c1-18-27-22(17-32-18)16-30-24-7-4-5-20(13-24)25(28)31-14-19-8-10-23(11-9-19)29-15-21-6-2-3-12-26-21/h2-13,17H,14-16H2,1H3. The fraction of sp³-hybridized carbons (Fsp3) is 0.160. The van der Waals surface area contributed by atoms with Crippen molar-refractivity contribution < 1.29 is 19.0 Å². The van der Waals surface area contributed by atoms with Crippen molar-refractivity contribution in [2.24, 2.45) is 0 Å². The number of nitrogens with zero attached hydrogens (tertiary/aromatic N) is 2. The average molecular weight is 447 g/mol. The fourth-order valence-corrected chi connectivity index (χ4v) is 3.50. The zero-order valence-electron chi connectivity index (χ0n) is 17.6. The van der Waals surface area contributed by atoms with Gasteiger partial charge in [0.2, 0.25) is 0 Å². The number of pyridine rings is 1. The van der Waals surface area contributed by atoms with Crippen molar-refractivity contribution >= 4 is 17.3 Å². The monoisotopic (exact) mass is 446 g/mol. The van der Waals surface area contributed by atoms with Gasteiger partial charge in [-0.25, -0.2) is 9.78 Å². The number of aromatic nitrogens is 2. The summed E-state index contributed by atoms with van der Waals surface area (Å²) < 4.78 is 16.9. The van der Waals surface area contributed by atoms with E-state index in [1.807, 2.05) is 54.8 Å². The van der Waals surface area contributed by atoms with Gasteiger partial charge in [-0.15, -0.1) is 11.3 Å². The van der Waals surface area contributed by atoms with E-state index in [0.29, 0.717) is 24.5 Å². The maximum atomic E-state index is 12.5. The molecule has 4 aromatic rings. The van der Waals surface area contributed by atoms with Crippen LogP contribution in [-0.2, 0) is 24.6 Å². The van der Waals surface area contributed by atoms with Crippen molar-refractivity contribution in [3.05, 3.63) is 106 Å². The Hall–Kier alpha value is -3.71. The molecule has 162 valence electrons. The number of hydrogen-bond acceptors (Lipinski definition) is 7. The number of hydrogen-bond donors (Lipinski definition) is 0. The van der Waals surface area contributed by atoms with Gasteiger partial charge in [-0.1, -0.05) is 24.3 Å². The molecular weight excluding hydrogens is 424 g/mol. The zero-order valence-corrected chi connectivity index (χ0v) is 18.4. The summed E-state index contributed by atoms with van der Waals surface area (Å²) in [5.41, 5.74) is 3.04. The van der Waals surface area contributed by atoms with Crippen LogP contribution in [-0.4, -0.2) is 15.9 Å². The van der Waals surface area contributed by atoms with Crippen molar-refractivity contribution in [1.29, 1.82) is 0 Å². The first-order chi connectivity index (χ1) is 15.7. The van der Waals surface area contributed by atoms with Crippen LogP contribution in [0.15, 0.2) is 78.3 Å². The molecule has 2 aromatic heterocycles. The smallest absolute Gasteiger partial charge is 0.338 e. The van der Waals surface area contributed by atoms with Crippen LogP contribution in [0.5, 0.6) is 11.5 Å². The van der Waals surface area contributed by atoms with Crippen LogP contribution >= 0.6 is 11.3 Å². The number of carbonyl (C=O) groups excluding carboxylic acids is 1. The summed E-state index contributed by atoms with van der Waals surface area (Å²) in [5.74, 6) is 0.917. The first-order valence-corrected chi connectivity index (χ1v) is 11.0. The van der Waals surface area contributed by atoms with Crippen molar-refractivity contribution in [2.75, 3.05) is 0 Å². The first-order valence-electron chi connectivity index (χ1n) is 10.1. The molecule has 2 heterocycles. The molecule has 0 fully saturated rings. The van der Waals surface area contributed by atoms with Gasteiger partial charge in [0.15, 0.2) is 0 Å². The van der Waals surface area contributed by atoms with Crippen LogP contribution in [0.1, 0.15) is 32.3 Å². The molecule has 0 atom stereocenters. The highest BCUT2D eigenvalue weighted by Gasteiger charge is 2.10. The summed E-state index contributed by atoms with van der Waals surface area (Å²) in [7, 11) is 0. The maximum Gasteiger partial charge on any atom is 0.338 e. The molecule has 0 radical (unpaired) electrons. The molecule has 0 bridgehead atoms. The van der Waals surface area contributed by atoms with Crippen LogP contribution in [0.3, 0.4) is 0 Å². The van der Waals surface area contributed by atoms with Crippen LogP contribution in [0.25, 0.3) is 0 Å². The third kappa shape index (κ3) is 6.15. The molecule has 0 saturated heterocycles. The molecular formula is C25H22N2O4S. The maximum absolute atomic E-state index is 12.5. The molecule has 0 aliphatic carbocycles. The summed E-state index contributed by atoms with van der Waals surface area (Å²) >= 11 is 1.58. The molecule has 32 heavy (non-hydrogen) atoms. The number of benzene rings is 2. The van der Waals surface area contributed by atoms with Crippen molar-refractivity contribution in [3.63, 3.8) is 0 Å². The van der Waals surface area contributed by atoms with Gasteiger partial charge >= 0.3 is 5.97 Å². The Balaban J connectivity index is 1.26. The minimum atomic E-state index is -0.407. The third-order valence-corrected chi connectivity index (χ3v) is 5.35. The van der Waals surface area contributed by atoms with E-state index in [4.69, 9.17) is 14.2 Å². The van der Waals surface area contributed by atoms with Gasteiger partial charge in [-0.2, -0.15) is 0 Å². The number of ether oxygens (including phenoxy) is 3. The Kier molecular flexibility index (Phi) is 7.09. The highest BCUT2D eigenvalue weighted by Crippen LogP contribution is 2.18. The number of aryl methyl sites for hydroxylation is 1.